The van der Waals surface area contributed by atoms with Gasteiger partial charge in [0.1, 0.15) is 0 Å². The molecule has 1 amide bonds. The van der Waals surface area contributed by atoms with E-state index in [4.69, 9.17) is 9.15 Å². The van der Waals surface area contributed by atoms with Crippen LogP contribution in [0, 0.1) is 0 Å². The minimum absolute atomic E-state index is 0.0511. The number of aryl methyl sites for hydroxylation is 1. The molecule has 1 N–H and O–H groups in total. The molecule has 0 aliphatic rings. The fourth-order valence-corrected chi connectivity index (χ4v) is 3.23. The first-order valence-electron chi connectivity index (χ1n) is 10.1. The van der Waals surface area contributed by atoms with Crippen LogP contribution in [0.3, 0.4) is 0 Å². The molecule has 0 fully saturated rings. The highest BCUT2D eigenvalue weighted by Crippen LogP contribution is 2.26. The third kappa shape index (κ3) is 4.79. The summed E-state index contributed by atoms with van der Waals surface area (Å²) in [4.78, 5) is 36.7. The first-order valence-corrected chi connectivity index (χ1v) is 10.1. The fourth-order valence-electron chi connectivity index (χ4n) is 3.23. The number of fused-ring (bicyclic) bond motifs is 1. The third-order valence-electron chi connectivity index (χ3n) is 5.15. The molecule has 0 aliphatic carbocycles. The Morgan fingerprint density at radius 2 is 1.80 bits per heavy atom. The number of ether oxygens (including phenoxy) is 1. The Hall–Kier alpha value is -3.35. The Bertz CT molecular complexity index is 1100. The standard InChI is InChI=1S/C23H26N2O5/c1-4-15(2)17-9-5-6-10-18(17)24-22(27)16(3)29-21(26)13-14-25-19-11-7-8-12-20(19)30-23(25)28/h5-12,15-16H,4,13-14H2,1-3H3,(H,24,27)/t15-,16+/m1/s1. The second-order valence-electron chi connectivity index (χ2n) is 7.26. The lowest BCUT2D eigenvalue weighted by Crippen LogP contribution is -2.31. The fraction of sp³-hybridized carbons (Fsp3) is 0.348. The number of nitrogens with one attached hydrogen (secondary N) is 1. The molecule has 0 spiro atoms. The third-order valence-corrected chi connectivity index (χ3v) is 5.15. The summed E-state index contributed by atoms with van der Waals surface area (Å²) >= 11 is 0. The second-order valence-corrected chi connectivity index (χ2v) is 7.26. The molecule has 3 aromatic rings. The molecular formula is C23H26N2O5. The lowest BCUT2D eigenvalue weighted by atomic mass is 9.97. The van der Waals surface area contributed by atoms with Gasteiger partial charge in [0.15, 0.2) is 11.7 Å². The number of carbonyl (C=O) groups excluding carboxylic acids is 2. The zero-order valence-electron chi connectivity index (χ0n) is 17.4. The van der Waals surface area contributed by atoms with Gasteiger partial charge in [0, 0.05) is 12.2 Å². The van der Waals surface area contributed by atoms with E-state index < -0.39 is 23.7 Å². The van der Waals surface area contributed by atoms with Gasteiger partial charge in [0.05, 0.1) is 11.9 Å². The normalized spacial score (nSPS) is 13.0. The number of oxazole rings is 1. The van der Waals surface area contributed by atoms with Crippen LogP contribution in [0.15, 0.2) is 57.7 Å². The second kappa shape index (κ2) is 9.43. The number of hydrogen-bond donors (Lipinski definition) is 1. The summed E-state index contributed by atoms with van der Waals surface area (Å²) < 4.78 is 11.8. The van der Waals surface area contributed by atoms with Gasteiger partial charge in [-0.05, 0) is 43.0 Å². The van der Waals surface area contributed by atoms with E-state index in [9.17, 15) is 14.4 Å². The summed E-state index contributed by atoms with van der Waals surface area (Å²) in [5.41, 5.74) is 2.83. The molecule has 1 heterocycles. The molecule has 1 aromatic heterocycles. The number of aromatic nitrogens is 1. The highest BCUT2D eigenvalue weighted by molar-refractivity contribution is 5.95. The van der Waals surface area contributed by atoms with Crippen molar-refractivity contribution in [2.24, 2.45) is 0 Å². The Morgan fingerprint density at radius 1 is 1.10 bits per heavy atom. The van der Waals surface area contributed by atoms with Crippen LogP contribution in [0.2, 0.25) is 0 Å². The maximum Gasteiger partial charge on any atom is 0.419 e. The summed E-state index contributed by atoms with van der Waals surface area (Å²) in [6.07, 6.45) is -0.0652. The van der Waals surface area contributed by atoms with E-state index in [0.717, 1.165) is 17.7 Å². The number of benzene rings is 2. The van der Waals surface area contributed by atoms with E-state index in [0.29, 0.717) is 17.0 Å². The Morgan fingerprint density at radius 3 is 2.57 bits per heavy atom. The van der Waals surface area contributed by atoms with Crippen LogP contribution >= 0.6 is 0 Å². The number of anilines is 1. The van der Waals surface area contributed by atoms with Crippen LogP contribution in [0.4, 0.5) is 5.69 Å². The number of amides is 1. The molecule has 0 saturated carbocycles. The quantitative estimate of drug-likeness (QED) is 0.566. The van der Waals surface area contributed by atoms with Crippen molar-refractivity contribution in [2.75, 3.05) is 5.32 Å². The van der Waals surface area contributed by atoms with Crippen molar-refractivity contribution in [3.05, 3.63) is 64.6 Å². The predicted octanol–water partition coefficient (Wildman–Crippen LogP) is 4.07. The number of carbonyl (C=O) groups is 2. The van der Waals surface area contributed by atoms with E-state index in [1.165, 1.54) is 11.5 Å². The molecule has 158 valence electrons. The molecule has 3 rings (SSSR count). The van der Waals surface area contributed by atoms with E-state index >= 15 is 0 Å². The van der Waals surface area contributed by atoms with Gasteiger partial charge in [0.25, 0.3) is 5.91 Å². The minimum Gasteiger partial charge on any atom is -0.452 e. The molecule has 7 nitrogen and oxygen atoms in total. The van der Waals surface area contributed by atoms with E-state index in [1.54, 1.807) is 24.3 Å². The highest BCUT2D eigenvalue weighted by Gasteiger charge is 2.20. The SMILES string of the molecule is CC[C@@H](C)c1ccccc1NC(=O)[C@H](C)OC(=O)CCn1c(=O)oc2ccccc21. The highest BCUT2D eigenvalue weighted by atomic mass is 16.5. The first-order chi connectivity index (χ1) is 14.4. The van der Waals surface area contributed by atoms with Crippen molar-refractivity contribution in [1.82, 2.24) is 4.57 Å². The summed E-state index contributed by atoms with van der Waals surface area (Å²) in [5, 5.41) is 2.85. The number of esters is 1. The van der Waals surface area contributed by atoms with E-state index in [-0.39, 0.29) is 13.0 Å². The largest absolute Gasteiger partial charge is 0.452 e. The van der Waals surface area contributed by atoms with Crippen LogP contribution in [-0.2, 0) is 20.9 Å². The van der Waals surface area contributed by atoms with Crippen molar-refractivity contribution in [3.8, 4) is 0 Å². The summed E-state index contributed by atoms with van der Waals surface area (Å²) in [5.74, 6) is -1.20. The lowest BCUT2D eigenvalue weighted by molar-refractivity contribution is -0.153. The van der Waals surface area contributed by atoms with Crippen molar-refractivity contribution >= 4 is 28.7 Å². The molecule has 2 atom stereocenters. The van der Waals surface area contributed by atoms with Crippen molar-refractivity contribution in [3.63, 3.8) is 0 Å². The molecule has 0 unspecified atom stereocenters. The number of para-hydroxylation sites is 3. The molecule has 0 bridgehead atoms. The number of nitrogens with zero attached hydrogens (tertiary/aromatic N) is 1. The van der Waals surface area contributed by atoms with Gasteiger partial charge in [-0.1, -0.05) is 44.2 Å². The average molecular weight is 410 g/mol. The predicted molar refractivity (Wildman–Crippen MR) is 114 cm³/mol. The topological polar surface area (TPSA) is 90.5 Å². The molecule has 0 radical (unpaired) electrons. The first kappa shape index (κ1) is 21.4. The maximum absolute atomic E-state index is 12.5. The average Bonchev–Trinajstić information content (AvgIpc) is 3.06. The molecule has 2 aromatic carbocycles. The maximum atomic E-state index is 12.5. The van der Waals surface area contributed by atoms with Gasteiger partial charge >= 0.3 is 11.7 Å². The Kier molecular flexibility index (Phi) is 6.72. The zero-order chi connectivity index (χ0) is 21.7. The van der Waals surface area contributed by atoms with Gasteiger partial charge in [-0.2, -0.15) is 0 Å². The van der Waals surface area contributed by atoms with Gasteiger partial charge < -0.3 is 14.5 Å². The van der Waals surface area contributed by atoms with Crippen LogP contribution < -0.4 is 11.1 Å². The van der Waals surface area contributed by atoms with Crippen molar-refractivity contribution < 1.29 is 18.7 Å². The lowest BCUT2D eigenvalue weighted by Gasteiger charge is -2.18. The summed E-state index contributed by atoms with van der Waals surface area (Å²) in [6.45, 7) is 5.82. The molecule has 0 aliphatic heterocycles. The van der Waals surface area contributed by atoms with E-state index in [1.807, 2.05) is 24.3 Å². The van der Waals surface area contributed by atoms with Crippen LogP contribution in [0.1, 0.15) is 45.1 Å². The van der Waals surface area contributed by atoms with Crippen molar-refractivity contribution in [2.45, 2.75) is 52.2 Å². The Balaban J connectivity index is 1.58. The van der Waals surface area contributed by atoms with Gasteiger partial charge in [0.2, 0.25) is 0 Å². The van der Waals surface area contributed by atoms with E-state index in [2.05, 4.69) is 19.2 Å². The number of hydrogen-bond acceptors (Lipinski definition) is 5. The van der Waals surface area contributed by atoms with Gasteiger partial charge in [-0.3, -0.25) is 14.2 Å². The van der Waals surface area contributed by atoms with Crippen molar-refractivity contribution in [1.29, 1.82) is 0 Å². The Labute approximate surface area is 174 Å². The molecule has 30 heavy (non-hydrogen) atoms. The molecular weight excluding hydrogens is 384 g/mol. The molecule has 0 saturated heterocycles. The monoisotopic (exact) mass is 410 g/mol. The number of rotatable bonds is 8. The smallest absolute Gasteiger partial charge is 0.419 e. The molecule has 7 heteroatoms. The van der Waals surface area contributed by atoms with Crippen LogP contribution in [0.25, 0.3) is 11.1 Å². The minimum atomic E-state index is -0.958. The summed E-state index contributed by atoms with van der Waals surface area (Å²) in [6, 6.07) is 14.6. The zero-order valence-corrected chi connectivity index (χ0v) is 17.4. The van der Waals surface area contributed by atoms with Gasteiger partial charge in [-0.15, -0.1) is 0 Å². The van der Waals surface area contributed by atoms with Gasteiger partial charge in [-0.25, -0.2) is 4.79 Å². The summed E-state index contributed by atoms with van der Waals surface area (Å²) in [7, 11) is 0. The van der Waals surface area contributed by atoms with Crippen LogP contribution in [0.5, 0.6) is 0 Å². The van der Waals surface area contributed by atoms with Crippen LogP contribution in [-0.4, -0.2) is 22.5 Å².